The van der Waals surface area contributed by atoms with Crippen LogP contribution in [0, 0.1) is 0 Å². The number of carbonyl (C=O) groups is 2. The van der Waals surface area contributed by atoms with Gasteiger partial charge in [-0.3, -0.25) is 19.6 Å². The van der Waals surface area contributed by atoms with E-state index in [2.05, 4.69) is 0 Å². The van der Waals surface area contributed by atoms with Crippen molar-refractivity contribution in [3.05, 3.63) is 0 Å². The van der Waals surface area contributed by atoms with Crippen LogP contribution in [-0.4, -0.2) is 46.4 Å². The van der Waals surface area contributed by atoms with Crippen molar-refractivity contribution in [2.75, 3.05) is 0 Å². The molecule has 0 spiro atoms. The third-order valence-electron chi connectivity index (χ3n) is 2.09. The van der Waals surface area contributed by atoms with E-state index >= 15 is 0 Å². The van der Waals surface area contributed by atoms with Gasteiger partial charge in [0.05, 0.1) is 6.10 Å². The van der Waals surface area contributed by atoms with Crippen LogP contribution in [0.15, 0.2) is 0 Å². The third kappa shape index (κ3) is 5.06. The summed E-state index contributed by atoms with van der Waals surface area (Å²) < 4.78 is 0. The van der Waals surface area contributed by atoms with Gasteiger partial charge >= 0.3 is 0 Å². The van der Waals surface area contributed by atoms with Crippen LogP contribution >= 0.6 is 0 Å². The SMILES string of the molecule is CC(O)C(N)C(=O)NO[C@H](C)[C@H](N)C(=O)NO. The maximum Gasteiger partial charge on any atom is 0.263 e. The van der Waals surface area contributed by atoms with Crippen molar-refractivity contribution in [2.24, 2.45) is 11.5 Å². The minimum atomic E-state index is -1.16. The molecule has 0 fully saturated rings. The fourth-order valence-electron chi connectivity index (χ4n) is 0.799. The van der Waals surface area contributed by atoms with Crippen LogP contribution in [-0.2, 0) is 14.4 Å². The molecule has 0 aromatic rings. The Bertz CT molecular complexity index is 273. The lowest BCUT2D eigenvalue weighted by Crippen LogP contribution is -2.52. The zero-order chi connectivity index (χ0) is 13.6. The molecule has 0 aliphatic carbocycles. The Balaban J connectivity index is 4.12. The first kappa shape index (κ1) is 15.7. The van der Waals surface area contributed by atoms with E-state index in [4.69, 9.17) is 26.6 Å². The number of hydroxylamine groups is 2. The fraction of sp³-hybridized carbons (Fsp3) is 0.750. The van der Waals surface area contributed by atoms with Gasteiger partial charge in [-0.1, -0.05) is 0 Å². The summed E-state index contributed by atoms with van der Waals surface area (Å²) in [4.78, 5) is 26.9. The molecule has 9 nitrogen and oxygen atoms in total. The van der Waals surface area contributed by atoms with E-state index in [9.17, 15) is 9.59 Å². The van der Waals surface area contributed by atoms with Gasteiger partial charge in [0.15, 0.2) is 0 Å². The number of nitrogens with two attached hydrogens (primary N) is 2. The van der Waals surface area contributed by atoms with Gasteiger partial charge in [0.2, 0.25) is 0 Å². The molecule has 0 radical (unpaired) electrons. The summed E-state index contributed by atoms with van der Waals surface area (Å²) in [6, 6.07) is -2.31. The zero-order valence-corrected chi connectivity index (χ0v) is 9.58. The van der Waals surface area contributed by atoms with Crippen LogP contribution in [0.2, 0.25) is 0 Å². The normalized spacial score (nSPS) is 17.8. The van der Waals surface area contributed by atoms with Gasteiger partial charge in [-0.15, -0.1) is 0 Å². The summed E-state index contributed by atoms with van der Waals surface area (Å²) in [5.74, 6) is -1.60. The molecule has 0 aromatic carbocycles. The molecule has 0 saturated heterocycles. The number of nitrogens with one attached hydrogen (secondary N) is 2. The Labute approximate surface area is 98.0 Å². The van der Waals surface area contributed by atoms with Crippen LogP contribution in [0.5, 0.6) is 0 Å². The second-order valence-electron chi connectivity index (χ2n) is 3.56. The Morgan fingerprint density at radius 3 is 2.12 bits per heavy atom. The van der Waals surface area contributed by atoms with Gasteiger partial charge in [-0.05, 0) is 13.8 Å². The van der Waals surface area contributed by atoms with E-state index in [1.807, 2.05) is 5.48 Å². The Morgan fingerprint density at radius 2 is 1.71 bits per heavy atom. The Morgan fingerprint density at radius 1 is 1.18 bits per heavy atom. The molecule has 0 bridgehead atoms. The van der Waals surface area contributed by atoms with Gasteiger partial charge < -0.3 is 16.6 Å². The molecule has 2 unspecified atom stereocenters. The van der Waals surface area contributed by atoms with Crippen molar-refractivity contribution < 1.29 is 24.7 Å². The molecule has 0 aliphatic heterocycles. The molecule has 0 saturated carbocycles. The van der Waals surface area contributed by atoms with Crippen LogP contribution < -0.4 is 22.4 Å². The van der Waals surface area contributed by atoms with E-state index in [1.165, 1.54) is 19.3 Å². The molecule has 8 N–H and O–H groups in total. The molecule has 0 rings (SSSR count). The van der Waals surface area contributed by atoms with E-state index in [-0.39, 0.29) is 0 Å². The lowest BCUT2D eigenvalue weighted by molar-refractivity contribution is -0.147. The molecule has 100 valence electrons. The van der Waals surface area contributed by atoms with E-state index in [1.54, 1.807) is 0 Å². The first-order chi connectivity index (χ1) is 7.81. The van der Waals surface area contributed by atoms with Crippen LogP contribution in [0.3, 0.4) is 0 Å². The van der Waals surface area contributed by atoms with Gasteiger partial charge in [-0.25, -0.2) is 11.0 Å². The molecular formula is C8H18N4O5. The van der Waals surface area contributed by atoms with E-state index < -0.39 is 36.1 Å². The summed E-state index contributed by atoms with van der Waals surface area (Å²) in [7, 11) is 0. The highest BCUT2D eigenvalue weighted by Gasteiger charge is 2.24. The van der Waals surface area contributed by atoms with Crippen molar-refractivity contribution in [3.63, 3.8) is 0 Å². The number of carbonyl (C=O) groups excluding carboxylic acids is 2. The summed E-state index contributed by atoms with van der Waals surface area (Å²) >= 11 is 0. The fourth-order valence-corrected chi connectivity index (χ4v) is 0.799. The average molecular weight is 250 g/mol. The standard InChI is InChI=1S/C8H18N4O5/c1-3(13)5(9)8(15)12-17-4(2)6(10)7(14)11-16/h3-6,13,16H,9-10H2,1-2H3,(H,11,14)(H,12,15)/t3?,4-,5?,6+/m1/s1. The van der Waals surface area contributed by atoms with Crippen LogP contribution in [0.4, 0.5) is 0 Å². The molecular weight excluding hydrogens is 232 g/mol. The zero-order valence-electron chi connectivity index (χ0n) is 9.58. The Hall–Kier alpha value is -1.26. The second-order valence-corrected chi connectivity index (χ2v) is 3.56. The lowest BCUT2D eigenvalue weighted by atomic mass is 10.2. The predicted molar refractivity (Wildman–Crippen MR) is 56.3 cm³/mol. The number of hydrogen-bond acceptors (Lipinski definition) is 7. The van der Waals surface area contributed by atoms with Crippen LogP contribution in [0.25, 0.3) is 0 Å². The minimum absolute atomic E-state index is 0.747. The lowest BCUT2D eigenvalue weighted by Gasteiger charge is -2.20. The molecule has 0 aromatic heterocycles. The average Bonchev–Trinajstić information content (AvgIpc) is 2.32. The van der Waals surface area contributed by atoms with Gasteiger partial charge in [0.1, 0.15) is 18.2 Å². The predicted octanol–water partition coefficient (Wildman–Crippen LogP) is -3.04. The van der Waals surface area contributed by atoms with Crippen molar-refractivity contribution in [1.82, 2.24) is 11.0 Å². The highest BCUT2D eigenvalue weighted by atomic mass is 16.7. The quantitative estimate of drug-likeness (QED) is 0.216. The molecule has 9 heteroatoms. The molecule has 0 aliphatic rings. The third-order valence-corrected chi connectivity index (χ3v) is 2.09. The largest absolute Gasteiger partial charge is 0.391 e. The summed E-state index contributed by atoms with van der Waals surface area (Å²) in [5.41, 5.74) is 14.0. The molecule has 0 heterocycles. The number of amides is 2. The number of aliphatic hydroxyl groups excluding tert-OH is 1. The maximum absolute atomic E-state index is 11.2. The van der Waals surface area contributed by atoms with Crippen LogP contribution in [0.1, 0.15) is 13.8 Å². The molecule has 17 heavy (non-hydrogen) atoms. The van der Waals surface area contributed by atoms with Crippen molar-refractivity contribution in [2.45, 2.75) is 38.1 Å². The number of hydrogen-bond donors (Lipinski definition) is 6. The number of aliphatic hydroxyl groups is 1. The van der Waals surface area contributed by atoms with Crippen molar-refractivity contribution in [3.8, 4) is 0 Å². The monoisotopic (exact) mass is 250 g/mol. The van der Waals surface area contributed by atoms with Gasteiger partial charge in [0, 0.05) is 0 Å². The maximum atomic E-state index is 11.2. The summed E-state index contributed by atoms with van der Waals surface area (Å²) in [6.45, 7) is 2.76. The topological polar surface area (TPSA) is 160 Å². The highest BCUT2D eigenvalue weighted by molar-refractivity contribution is 5.82. The minimum Gasteiger partial charge on any atom is -0.391 e. The summed E-state index contributed by atoms with van der Waals surface area (Å²) in [6.07, 6.45) is -1.92. The first-order valence-corrected chi connectivity index (χ1v) is 4.90. The molecule has 2 amide bonds. The molecule has 4 atom stereocenters. The van der Waals surface area contributed by atoms with E-state index in [0.29, 0.717) is 0 Å². The number of rotatable bonds is 6. The van der Waals surface area contributed by atoms with Gasteiger partial charge in [-0.2, -0.15) is 0 Å². The summed E-state index contributed by atoms with van der Waals surface area (Å²) in [5, 5.41) is 17.3. The van der Waals surface area contributed by atoms with E-state index in [0.717, 1.165) is 0 Å². The first-order valence-electron chi connectivity index (χ1n) is 4.90. The van der Waals surface area contributed by atoms with Gasteiger partial charge in [0.25, 0.3) is 11.8 Å². The highest BCUT2D eigenvalue weighted by Crippen LogP contribution is 1.95. The Kier molecular flexibility index (Phi) is 6.61. The second kappa shape index (κ2) is 7.14. The smallest absolute Gasteiger partial charge is 0.263 e. The van der Waals surface area contributed by atoms with Crippen molar-refractivity contribution in [1.29, 1.82) is 0 Å². The van der Waals surface area contributed by atoms with Crippen molar-refractivity contribution >= 4 is 11.8 Å².